The zero-order chi connectivity index (χ0) is 17.8. The summed E-state index contributed by atoms with van der Waals surface area (Å²) in [4.78, 5) is 26.7. The Balaban J connectivity index is 1.87. The fourth-order valence-corrected chi connectivity index (χ4v) is 2.20. The number of nitrogens with zero attached hydrogens (tertiary/aromatic N) is 4. The van der Waals surface area contributed by atoms with E-state index in [1.807, 2.05) is 0 Å². The van der Waals surface area contributed by atoms with Gasteiger partial charge in [0.2, 0.25) is 0 Å². The second kappa shape index (κ2) is 6.71. The SMILES string of the molecule is N=C(NC(=O)c1ccc(-n2cncn2)c([N+](=O)[O-])c1)c1ccccc1. The number of nitro groups is 1. The number of rotatable bonds is 4. The molecule has 0 aliphatic rings. The van der Waals surface area contributed by atoms with Crippen molar-refractivity contribution in [3.05, 3.63) is 82.4 Å². The van der Waals surface area contributed by atoms with Crippen molar-refractivity contribution in [1.82, 2.24) is 20.1 Å². The van der Waals surface area contributed by atoms with Crippen molar-refractivity contribution in [2.45, 2.75) is 0 Å². The number of amidine groups is 1. The number of carbonyl (C=O) groups excluding carboxylic acids is 1. The molecule has 0 saturated heterocycles. The minimum atomic E-state index is -0.609. The number of hydrogen-bond donors (Lipinski definition) is 2. The van der Waals surface area contributed by atoms with Crippen LogP contribution in [0.1, 0.15) is 15.9 Å². The highest BCUT2D eigenvalue weighted by molar-refractivity contribution is 6.11. The van der Waals surface area contributed by atoms with Crippen LogP contribution in [0.2, 0.25) is 0 Å². The summed E-state index contributed by atoms with van der Waals surface area (Å²) < 4.78 is 1.24. The lowest BCUT2D eigenvalue weighted by atomic mass is 10.1. The molecule has 0 spiro atoms. The van der Waals surface area contributed by atoms with E-state index in [2.05, 4.69) is 15.4 Å². The number of nitro benzene ring substituents is 1. The van der Waals surface area contributed by atoms with Crippen molar-refractivity contribution in [3.63, 3.8) is 0 Å². The first-order valence-corrected chi connectivity index (χ1v) is 7.15. The molecule has 3 rings (SSSR count). The topological polar surface area (TPSA) is 127 Å². The molecule has 0 fully saturated rings. The van der Waals surface area contributed by atoms with Gasteiger partial charge in [0.15, 0.2) is 0 Å². The van der Waals surface area contributed by atoms with Gasteiger partial charge in [-0.25, -0.2) is 9.67 Å². The molecular formula is C16H12N6O3. The zero-order valence-electron chi connectivity index (χ0n) is 12.8. The normalized spacial score (nSPS) is 10.2. The molecule has 1 heterocycles. The molecule has 124 valence electrons. The Morgan fingerprint density at radius 1 is 1.16 bits per heavy atom. The van der Waals surface area contributed by atoms with Crippen LogP contribution in [0.15, 0.2) is 61.2 Å². The maximum atomic E-state index is 12.3. The van der Waals surface area contributed by atoms with Gasteiger partial charge in [-0.3, -0.25) is 20.3 Å². The van der Waals surface area contributed by atoms with E-state index in [1.165, 1.54) is 29.5 Å². The lowest BCUT2D eigenvalue weighted by Crippen LogP contribution is -2.30. The summed E-state index contributed by atoms with van der Waals surface area (Å²) in [6.07, 6.45) is 2.58. The van der Waals surface area contributed by atoms with E-state index in [9.17, 15) is 14.9 Å². The van der Waals surface area contributed by atoms with E-state index >= 15 is 0 Å². The Morgan fingerprint density at radius 2 is 1.92 bits per heavy atom. The third-order valence-electron chi connectivity index (χ3n) is 3.40. The summed E-state index contributed by atoms with van der Waals surface area (Å²) in [6.45, 7) is 0. The minimum absolute atomic E-state index is 0.0660. The van der Waals surface area contributed by atoms with Crippen LogP contribution in [0, 0.1) is 15.5 Å². The van der Waals surface area contributed by atoms with Crippen LogP contribution >= 0.6 is 0 Å². The van der Waals surface area contributed by atoms with Crippen molar-refractivity contribution in [1.29, 1.82) is 5.41 Å². The van der Waals surface area contributed by atoms with E-state index < -0.39 is 10.8 Å². The second-order valence-corrected chi connectivity index (χ2v) is 5.00. The first-order valence-electron chi connectivity index (χ1n) is 7.15. The molecule has 0 radical (unpaired) electrons. The number of aromatic nitrogens is 3. The predicted molar refractivity (Wildman–Crippen MR) is 88.8 cm³/mol. The largest absolute Gasteiger partial charge is 0.307 e. The summed E-state index contributed by atoms with van der Waals surface area (Å²) in [5.74, 6) is -0.698. The second-order valence-electron chi connectivity index (χ2n) is 5.00. The standard InChI is InChI=1S/C16H12N6O3/c17-15(11-4-2-1-3-5-11)20-16(23)12-6-7-13(14(8-12)22(24)25)21-10-18-9-19-21/h1-10H,(H2,17,20,23). The van der Waals surface area contributed by atoms with Crippen molar-refractivity contribution in [2.75, 3.05) is 0 Å². The maximum Gasteiger partial charge on any atom is 0.295 e. The van der Waals surface area contributed by atoms with Gasteiger partial charge in [0.25, 0.3) is 11.6 Å². The van der Waals surface area contributed by atoms with E-state index in [4.69, 9.17) is 5.41 Å². The van der Waals surface area contributed by atoms with Crippen LogP contribution in [-0.4, -0.2) is 31.4 Å². The van der Waals surface area contributed by atoms with E-state index in [-0.39, 0.29) is 22.8 Å². The monoisotopic (exact) mass is 336 g/mol. The molecule has 0 bridgehead atoms. The quantitative estimate of drug-likeness (QED) is 0.326. The molecule has 0 aliphatic carbocycles. The van der Waals surface area contributed by atoms with Gasteiger partial charge in [-0.2, -0.15) is 5.10 Å². The third-order valence-corrected chi connectivity index (χ3v) is 3.40. The first-order chi connectivity index (χ1) is 12.1. The van der Waals surface area contributed by atoms with Crippen molar-refractivity contribution >= 4 is 17.4 Å². The number of carbonyl (C=O) groups is 1. The molecule has 25 heavy (non-hydrogen) atoms. The number of nitrogens with one attached hydrogen (secondary N) is 2. The Hall–Kier alpha value is -3.88. The first kappa shape index (κ1) is 16.0. The highest BCUT2D eigenvalue weighted by Crippen LogP contribution is 2.23. The lowest BCUT2D eigenvalue weighted by molar-refractivity contribution is -0.384. The fraction of sp³-hybridized carbons (Fsp3) is 0. The Morgan fingerprint density at radius 3 is 2.56 bits per heavy atom. The molecule has 0 saturated carbocycles. The van der Waals surface area contributed by atoms with Gasteiger partial charge < -0.3 is 5.32 Å². The molecule has 1 aromatic heterocycles. The fourth-order valence-electron chi connectivity index (χ4n) is 2.20. The molecule has 9 nitrogen and oxygen atoms in total. The highest BCUT2D eigenvalue weighted by atomic mass is 16.6. The van der Waals surface area contributed by atoms with E-state index in [0.717, 1.165) is 6.07 Å². The number of amides is 1. The summed E-state index contributed by atoms with van der Waals surface area (Å²) in [5, 5.41) is 25.5. The Bertz CT molecular complexity index is 938. The van der Waals surface area contributed by atoms with Crippen molar-refractivity contribution in [2.24, 2.45) is 0 Å². The summed E-state index contributed by atoms with van der Waals surface area (Å²) in [6, 6.07) is 12.6. The summed E-state index contributed by atoms with van der Waals surface area (Å²) >= 11 is 0. The Labute approximate surface area is 141 Å². The van der Waals surface area contributed by atoms with E-state index in [0.29, 0.717) is 5.56 Å². The zero-order valence-corrected chi connectivity index (χ0v) is 12.8. The van der Waals surface area contributed by atoms with Crippen LogP contribution in [-0.2, 0) is 0 Å². The van der Waals surface area contributed by atoms with Crippen LogP contribution in [0.4, 0.5) is 5.69 Å². The lowest BCUT2D eigenvalue weighted by Gasteiger charge is -2.08. The minimum Gasteiger partial charge on any atom is -0.307 e. The Kier molecular flexibility index (Phi) is 4.29. The molecule has 1 amide bonds. The van der Waals surface area contributed by atoms with Gasteiger partial charge in [-0.15, -0.1) is 0 Å². The van der Waals surface area contributed by atoms with Crippen molar-refractivity contribution < 1.29 is 9.72 Å². The molecular weight excluding hydrogens is 324 g/mol. The number of hydrogen-bond acceptors (Lipinski definition) is 6. The smallest absolute Gasteiger partial charge is 0.295 e. The van der Waals surface area contributed by atoms with Crippen LogP contribution in [0.5, 0.6) is 0 Å². The van der Waals surface area contributed by atoms with Crippen LogP contribution < -0.4 is 5.32 Å². The van der Waals surface area contributed by atoms with Crippen LogP contribution in [0.3, 0.4) is 0 Å². The van der Waals surface area contributed by atoms with Crippen LogP contribution in [0.25, 0.3) is 5.69 Å². The average Bonchev–Trinajstić information content (AvgIpc) is 3.16. The predicted octanol–water partition coefficient (Wildman–Crippen LogP) is 1.93. The van der Waals surface area contributed by atoms with Gasteiger partial charge >= 0.3 is 0 Å². The molecule has 0 unspecified atom stereocenters. The van der Waals surface area contributed by atoms with E-state index in [1.54, 1.807) is 30.3 Å². The molecule has 2 N–H and O–H groups in total. The van der Waals surface area contributed by atoms with Gasteiger partial charge in [0.05, 0.1) is 4.92 Å². The van der Waals surface area contributed by atoms with Gasteiger partial charge in [0.1, 0.15) is 24.2 Å². The molecule has 0 aliphatic heterocycles. The molecule has 2 aromatic carbocycles. The summed E-state index contributed by atoms with van der Waals surface area (Å²) in [7, 11) is 0. The van der Waals surface area contributed by atoms with Gasteiger partial charge in [-0.1, -0.05) is 30.3 Å². The van der Waals surface area contributed by atoms with Crippen molar-refractivity contribution in [3.8, 4) is 5.69 Å². The van der Waals surface area contributed by atoms with Gasteiger partial charge in [-0.05, 0) is 12.1 Å². The third kappa shape index (κ3) is 3.39. The molecule has 0 atom stereocenters. The van der Waals surface area contributed by atoms with Gasteiger partial charge in [0, 0.05) is 17.2 Å². The molecule has 9 heteroatoms. The maximum absolute atomic E-state index is 12.3. The molecule has 3 aromatic rings. The highest BCUT2D eigenvalue weighted by Gasteiger charge is 2.20. The number of benzene rings is 2. The summed E-state index contributed by atoms with van der Waals surface area (Å²) in [5.41, 5.74) is 0.502. The average molecular weight is 336 g/mol.